The molecule has 118 valence electrons. The third kappa shape index (κ3) is 3.03. The standard InChI is InChI=1S/C15H21N5O2/c1-11-14(12(2)22-18-11)5-6-15(21)19-7-3-4-13(8-19)20-10-16-9-17-20/h9-10,13H,3-8H2,1-2H3. The Bertz CT molecular complexity index is 615. The molecule has 3 heterocycles. The van der Waals surface area contributed by atoms with Gasteiger partial charge in [-0.15, -0.1) is 0 Å². The molecule has 0 bridgehead atoms. The van der Waals surface area contributed by atoms with Crippen molar-refractivity contribution in [2.75, 3.05) is 13.1 Å². The summed E-state index contributed by atoms with van der Waals surface area (Å²) in [5.74, 6) is 0.995. The SMILES string of the molecule is Cc1noc(C)c1CCC(=O)N1CCCC(n2cncn2)C1. The number of nitrogens with zero attached hydrogens (tertiary/aromatic N) is 5. The van der Waals surface area contributed by atoms with Gasteiger partial charge in [-0.05, 0) is 33.1 Å². The van der Waals surface area contributed by atoms with Crippen LogP contribution in [0.25, 0.3) is 0 Å². The lowest BCUT2D eigenvalue weighted by Crippen LogP contribution is -2.41. The van der Waals surface area contributed by atoms with Gasteiger partial charge in [-0.2, -0.15) is 5.10 Å². The molecule has 1 atom stereocenters. The van der Waals surface area contributed by atoms with Gasteiger partial charge in [0, 0.05) is 25.1 Å². The maximum Gasteiger partial charge on any atom is 0.222 e. The van der Waals surface area contributed by atoms with E-state index in [9.17, 15) is 4.79 Å². The molecule has 1 amide bonds. The molecule has 0 radical (unpaired) electrons. The van der Waals surface area contributed by atoms with Crippen molar-refractivity contribution in [1.29, 1.82) is 0 Å². The van der Waals surface area contributed by atoms with Crippen molar-refractivity contribution in [1.82, 2.24) is 24.8 Å². The van der Waals surface area contributed by atoms with Crippen molar-refractivity contribution in [3.05, 3.63) is 29.7 Å². The first-order chi connectivity index (χ1) is 10.6. The van der Waals surface area contributed by atoms with Crippen LogP contribution >= 0.6 is 0 Å². The van der Waals surface area contributed by atoms with Gasteiger partial charge in [-0.1, -0.05) is 5.16 Å². The highest BCUT2D eigenvalue weighted by atomic mass is 16.5. The van der Waals surface area contributed by atoms with Crippen molar-refractivity contribution in [2.45, 2.75) is 45.6 Å². The average molecular weight is 303 g/mol. The predicted molar refractivity (Wildman–Crippen MR) is 79.2 cm³/mol. The number of amides is 1. The highest BCUT2D eigenvalue weighted by Gasteiger charge is 2.25. The zero-order valence-electron chi connectivity index (χ0n) is 13.0. The minimum Gasteiger partial charge on any atom is -0.361 e. The Morgan fingerprint density at radius 2 is 2.32 bits per heavy atom. The van der Waals surface area contributed by atoms with E-state index in [1.807, 2.05) is 23.4 Å². The Balaban J connectivity index is 1.58. The van der Waals surface area contributed by atoms with Gasteiger partial charge in [-0.3, -0.25) is 4.79 Å². The number of aryl methyl sites for hydroxylation is 2. The lowest BCUT2D eigenvalue weighted by molar-refractivity contribution is -0.132. The zero-order chi connectivity index (χ0) is 15.5. The minimum absolute atomic E-state index is 0.185. The topological polar surface area (TPSA) is 77.0 Å². The van der Waals surface area contributed by atoms with Gasteiger partial charge in [-0.25, -0.2) is 9.67 Å². The number of hydrogen-bond acceptors (Lipinski definition) is 5. The number of hydrogen-bond donors (Lipinski definition) is 0. The van der Waals surface area contributed by atoms with Crippen molar-refractivity contribution in [3.8, 4) is 0 Å². The second kappa shape index (κ2) is 6.29. The number of carbonyl (C=O) groups excluding carboxylic acids is 1. The first-order valence-electron chi connectivity index (χ1n) is 7.69. The Morgan fingerprint density at radius 1 is 1.45 bits per heavy atom. The summed E-state index contributed by atoms with van der Waals surface area (Å²) < 4.78 is 7.00. The summed E-state index contributed by atoms with van der Waals surface area (Å²) in [6, 6.07) is 0.235. The number of piperidine rings is 1. The molecule has 7 heteroatoms. The summed E-state index contributed by atoms with van der Waals surface area (Å²) in [6.07, 6.45) is 6.48. The van der Waals surface area contributed by atoms with E-state index in [1.54, 1.807) is 6.33 Å². The van der Waals surface area contributed by atoms with E-state index in [2.05, 4.69) is 15.2 Å². The average Bonchev–Trinajstić information content (AvgIpc) is 3.16. The van der Waals surface area contributed by atoms with E-state index < -0.39 is 0 Å². The van der Waals surface area contributed by atoms with Gasteiger partial charge in [0.15, 0.2) is 0 Å². The van der Waals surface area contributed by atoms with Crippen LogP contribution in [-0.4, -0.2) is 43.8 Å². The number of carbonyl (C=O) groups is 1. The highest BCUT2D eigenvalue weighted by molar-refractivity contribution is 5.76. The molecule has 0 spiro atoms. The second-order valence-electron chi connectivity index (χ2n) is 5.81. The normalized spacial score (nSPS) is 18.6. The first kappa shape index (κ1) is 14.7. The minimum atomic E-state index is 0.185. The summed E-state index contributed by atoms with van der Waals surface area (Å²) in [4.78, 5) is 18.4. The van der Waals surface area contributed by atoms with Gasteiger partial charge >= 0.3 is 0 Å². The molecule has 0 saturated carbocycles. The fraction of sp³-hybridized carbons (Fsp3) is 0.600. The van der Waals surface area contributed by atoms with Crippen LogP contribution in [0, 0.1) is 13.8 Å². The van der Waals surface area contributed by atoms with Crippen molar-refractivity contribution in [3.63, 3.8) is 0 Å². The highest BCUT2D eigenvalue weighted by Crippen LogP contribution is 2.22. The van der Waals surface area contributed by atoms with Crippen molar-refractivity contribution >= 4 is 5.91 Å². The van der Waals surface area contributed by atoms with Gasteiger partial charge < -0.3 is 9.42 Å². The van der Waals surface area contributed by atoms with E-state index in [1.165, 1.54) is 6.33 Å². The third-order valence-electron chi connectivity index (χ3n) is 4.33. The zero-order valence-corrected chi connectivity index (χ0v) is 13.0. The van der Waals surface area contributed by atoms with Gasteiger partial charge in [0.1, 0.15) is 18.4 Å². The lowest BCUT2D eigenvalue weighted by atomic mass is 10.0. The van der Waals surface area contributed by atoms with E-state index >= 15 is 0 Å². The number of aromatic nitrogens is 4. The molecule has 1 aliphatic heterocycles. The smallest absolute Gasteiger partial charge is 0.222 e. The molecular formula is C15H21N5O2. The molecular weight excluding hydrogens is 282 g/mol. The Labute approximate surface area is 129 Å². The number of rotatable bonds is 4. The Hall–Kier alpha value is -2.18. The lowest BCUT2D eigenvalue weighted by Gasteiger charge is -2.32. The third-order valence-corrected chi connectivity index (χ3v) is 4.33. The van der Waals surface area contributed by atoms with Crippen LogP contribution < -0.4 is 0 Å². The molecule has 1 unspecified atom stereocenters. The quantitative estimate of drug-likeness (QED) is 0.859. The van der Waals surface area contributed by atoms with Gasteiger partial charge in [0.25, 0.3) is 0 Å². The summed E-state index contributed by atoms with van der Waals surface area (Å²) in [7, 11) is 0. The molecule has 0 N–H and O–H groups in total. The molecule has 2 aromatic heterocycles. The van der Waals surface area contributed by atoms with Crippen LogP contribution in [0.3, 0.4) is 0 Å². The molecule has 1 saturated heterocycles. The summed E-state index contributed by atoms with van der Waals surface area (Å²) in [6.45, 7) is 5.34. The van der Waals surface area contributed by atoms with Gasteiger partial charge in [0.2, 0.25) is 5.91 Å². The maximum absolute atomic E-state index is 12.5. The van der Waals surface area contributed by atoms with E-state index in [0.717, 1.165) is 36.4 Å². The van der Waals surface area contributed by atoms with Crippen LogP contribution in [0.5, 0.6) is 0 Å². The Kier molecular flexibility index (Phi) is 4.22. The first-order valence-corrected chi connectivity index (χ1v) is 7.69. The molecule has 3 rings (SSSR count). The summed E-state index contributed by atoms with van der Waals surface area (Å²) in [5.41, 5.74) is 1.93. The fourth-order valence-electron chi connectivity index (χ4n) is 3.05. The predicted octanol–water partition coefficient (Wildman–Crippen LogP) is 1.68. The number of likely N-dealkylation sites (tertiary alicyclic amines) is 1. The van der Waals surface area contributed by atoms with Crippen molar-refractivity contribution in [2.24, 2.45) is 0 Å². The van der Waals surface area contributed by atoms with E-state index in [0.29, 0.717) is 19.4 Å². The van der Waals surface area contributed by atoms with Crippen LogP contribution in [0.2, 0.25) is 0 Å². The van der Waals surface area contributed by atoms with E-state index in [4.69, 9.17) is 4.52 Å². The van der Waals surface area contributed by atoms with Crippen molar-refractivity contribution < 1.29 is 9.32 Å². The largest absolute Gasteiger partial charge is 0.361 e. The van der Waals surface area contributed by atoms with Crippen LogP contribution in [-0.2, 0) is 11.2 Å². The molecule has 22 heavy (non-hydrogen) atoms. The van der Waals surface area contributed by atoms with E-state index in [-0.39, 0.29) is 11.9 Å². The Morgan fingerprint density at radius 3 is 3.00 bits per heavy atom. The fourth-order valence-corrected chi connectivity index (χ4v) is 3.05. The van der Waals surface area contributed by atoms with Crippen LogP contribution in [0.1, 0.15) is 42.3 Å². The summed E-state index contributed by atoms with van der Waals surface area (Å²) >= 11 is 0. The molecule has 0 aliphatic carbocycles. The summed E-state index contributed by atoms with van der Waals surface area (Å²) in [5, 5.41) is 8.12. The van der Waals surface area contributed by atoms with Crippen LogP contribution in [0.15, 0.2) is 17.2 Å². The van der Waals surface area contributed by atoms with Crippen LogP contribution in [0.4, 0.5) is 0 Å². The monoisotopic (exact) mass is 303 g/mol. The maximum atomic E-state index is 12.5. The second-order valence-corrected chi connectivity index (χ2v) is 5.81. The molecule has 0 aromatic carbocycles. The molecule has 7 nitrogen and oxygen atoms in total. The van der Waals surface area contributed by atoms with Gasteiger partial charge in [0.05, 0.1) is 11.7 Å². The molecule has 2 aromatic rings. The molecule has 1 fully saturated rings. The molecule has 1 aliphatic rings.